The normalized spacial score (nSPS) is 14.6. The Bertz CT molecular complexity index is 572. The minimum Gasteiger partial charge on any atom is -0.373 e. The number of hydrogen-bond donors (Lipinski definition) is 0. The highest BCUT2D eigenvalue weighted by Crippen LogP contribution is 2.30. The standard InChI is InChI=1S/C25H40O.C2H6/c1-9-11-12-19-26-20-18-22(4)15-13-14-21(3)16-17-24(23(5)10-2)25(6,7)8;1-2/h11-18H,9-10,19-20H2,1-8H3;1-2H3/b12-11+,15-13+,17-16+,21-14+,22-18+,24-23-;. The maximum absolute atomic E-state index is 5.53. The number of ether oxygens (including phenoxy) is 1. The maximum Gasteiger partial charge on any atom is 0.0657 e. The van der Waals surface area contributed by atoms with Gasteiger partial charge in [0.15, 0.2) is 0 Å². The second-order valence-electron chi connectivity index (χ2n) is 7.77. The summed E-state index contributed by atoms with van der Waals surface area (Å²) < 4.78 is 5.53. The van der Waals surface area contributed by atoms with Crippen LogP contribution in [0.3, 0.4) is 0 Å². The van der Waals surface area contributed by atoms with Gasteiger partial charge in [-0.2, -0.15) is 0 Å². The van der Waals surface area contributed by atoms with Crippen LogP contribution in [0.25, 0.3) is 0 Å². The van der Waals surface area contributed by atoms with Crippen LogP contribution in [0.5, 0.6) is 0 Å². The van der Waals surface area contributed by atoms with Crippen molar-refractivity contribution in [2.45, 2.75) is 82.1 Å². The zero-order chi connectivity index (χ0) is 22.0. The van der Waals surface area contributed by atoms with Crippen molar-refractivity contribution in [3.63, 3.8) is 0 Å². The van der Waals surface area contributed by atoms with Gasteiger partial charge >= 0.3 is 0 Å². The highest BCUT2D eigenvalue weighted by atomic mass is 16.5. The van der Waals surface area contributed by atoms with Crippen LogP contribution < -0.4 is 0 Å². The molecule has 0 aliphatic heterocycles. The number of allylic oxidation sites excluding steroid dienone is 10. The van der Waals surface area contributed by atoms with E-state index in [1.54, 1.807) is 0 Å². The fraction of sp³-hybridized carbons (Fsp3) is 0.556. The summed E-state index contributed by atoms with van der Waals surface area (Å²) in [6, 6.07) is 0. The van der Waals surface area contributed by atoms with Crippen molar-refractivity contribution in [3.8, 4) is 0 Å². The second-order valence-corrected chi connectivity index (χ2v) is 7.77. The van der Waals surface area contributed by atoms with Crippen LogP contribution in [0.2, 0.25) is 0 Å². The van der Waals surface area contributed by atoms with Crippen molar-refractivity contribution in [3.05, 3.63) is 70.9 Å². The molecule has 1 heteroatoms. The predicted molar refractivity (Wildman–Crippen MR) is 130 cm³/mol. The molecule has 0 unspecified atom stereocenters. The average molecular weight is 387 g/mol. The van der Waals surface area contributed by atoms with Gasteiger partial charge in [-0.15, -0.1) is 0 Å². The molecule has 0 fully saturated rings. The molecule has 0 spiro atoms. The molecule has 0 rings (SSSR count). The lowest BCUT2D eigenvalue weighted by atomic mass is 9.82. The van der Waals surface area contributed by atoms with E-state index in [1.807, 2.05) is 13.8 Å². The van der Waals surface area contributed by atoms with E-state index in [0.29, 0.717) is 13.2 Å². The molecule has 0 aliphatic carbocycles. The fourth-order valence-corrected chi connectivity index (χ4v) is 2.47. The molecule has 0 aromatic rings. The van der Waals surface area contributed by atoms with Crippen molar-refractivity contribution in [2.75, 3.05) is 13.2 Å². The summed E-state index contributed by atoms with van der Waals surface area (Å²) in [5.41, 5.74) is 5.54. The van der Waals surface area contributed by atoms with E-state index < -0.39 is 0 Å². The summed E-state index contributed by atoms with van der Waals surface area (Å²) in [7, 11) is 0. The van der Waals surface area contributed by atoms with E-state index in [2.05, 4.69) is 104 Å². The van der Waals surface area contributed by atoms with Crippen LogP contribution in [-0.2, 0) is 4.74 Å². The van der Waals surface area contributed by atoms with Gasteiger partial charge in [0.1, 0.15) is 0 Å². The Morgan fingerprint density at radius 3 is 2.00 bits per heavy atom. The van der Waals surface area contributed by atoms with E-state index in [-0.39, 0.29) is 5.41 Å². The van der Waals surface area contributed by atoms with E-state index >= 15 is 0 Å². The lowest BCUT2D eigenvalue weighted by molar-refractivity contribution is 0.193. The molecule has 0 atom stereocenters. The van der Waals surface area contributed by atoms with Crippen LogP contribution in [-0.4, -0.2) is 13.2 Å². The first-order valence-corrected chi connectivity index (χ1v) is 10.8. The molecular weight excluding hydrogens is 340 g/mol. The summed E-state index contributed by atoms with van der Waals surface area (Å²) >= 11 is 0. The van der Waals surface area contributed by atoms with Crippen molar-refractivity contribution >= 4 is 0 Å². The van der Waals surface area contributed by atoms with Gasteiger partial charge in [-0.3, -0.25) is 0 Å². The van der Waals surface area contributed by atoms with Crippen LogP contribution in [0, 0.1) is 5.41 Å². The smallest absolute Gasteiger partial charge is 0.0657 e. The summed E-state index contributed by atoms with van der Waals surface area (Å²) in [6.45, 7) is 23.0. The molecule has 0 aliphatic rings. The third-order valence-electron chi connectivity index (χ3n) is 4.17. The molecule has 0 heterocycles. The second kappa shape index (κ2) is 17.5. The van der Waals surface area contributed by atoms with Crippen LogP contribution >= 0.6 is 0 Å². The molecular formula is C27H46O. The zero-order valence-electron chi connectivity index (χ0n) is 20.4. The third-order valence-corrected chi connectivity index (χ3v) is 4.17. The lowest BCUT2D eigenvalue weighted by Crippen LogP contribution is -2.09. The Balaban J connectivity index is 0. The average Bonchev–Trinajstić information content (AvgIpc) is 2.65. The predicted octanol–water partition coefficient (Wildman–Crippen LogP) is 8.77. The van der Waals surface area contributed by atoms with Crippen LogP contribution in [0.15, 0.2) is 70.9 Å². The van der Waals surface area contributed by atoms with Gasteiger partial charge in [0.25, 0.3) is 0 Å². The van der Waals surface area contributed by atoms with Gasteiger partial charge in [0.2, 0.25) is 0 Å². The van der Waals surface area contributed by atoms with E-state index in [1.165, 1.54) is 22.3 Å². The molecule has 0 bridgehead atoms. The molecule has 28 heavy (non-hydrogen) atoms. The first-order chi connectivity index (χ1) is 13.2. The fourth-order valence-electron chi connectivity index (χ4n) is 2.47. The molecule has 0 radical (unpaired) electrons. The third kappa shape index (κ3) is 15.5. The summed E-state index contributed by atoms with van der Waals surface area (Å²) in [5.74, 6) is 0. The molecule has 0 aromatic heterocycles. The largest absolute Gasteiger partial charge is 0.373 e. The molecule has 1 nitrogen and oxygen atoms in total. The Hall–Kier alpha value is -1.60. The van der Waals surface area contributed by atoms with Gasteiger partial charge < -0.3 is 4.74 Å². The minimum absolute atomic E-state index is 0.179. The SMILES string of the molecule is CC.CC/C=C/COC/C=C(C)/C=C/C=C(C)/C=C/C(=C(\C)CC)C(C)(C)C. The van der Waals surface area contributed by atoms with Crippen LogP contribution in [0.1, 0.15) is 82.1 Å². The van der Waals surface area contributed by atoms with Crippen molar-refractivity contribution in [2.24, 2.45) is 5.41 Å². The van der Waals surface area contributed by atoms with Crippen molar-refractivity contribution in [1.82, 2.24) is 0 Å². The van der Waals surface area contributed by atoms with Crippen LogP contribution in [0.4, 0.5) is 0 Å². The monoisotopic (exact) mass is 386 g/mol. The highest BCUT2D eigenvalue weighted by molar-refractivity contribution is 5.35. The van der Waals surface area contributed by atoms with Gasteiger partial charge in [-0.1, -0.05) is 114 Å². The first kappa shape index (κ1) is 28.6. The highest BCUT2D eigenvalue weighted by Gasteiger charge is 2.16. The lowest BCUT2D eigenvalue weighted by Gasteiger charge is -2.23. The Morgan fingerprint density at radius 2 is 1.46 bits per heavy atom. The van der Waals surface area contributed by atoms with E-state index in [0.717, 1.165) is 12.8 Å². The van der Waals surface area contributed by atoms with Gasteiger partial charge in [-0.25, -0.2) is 0 Å². The van der Waals surface area contributed by atoms with Crippen molar-refractivity contribution < 1.29 is 4.74 Å². The summed E-state index contributed by atoms with van der Waals surface area (Å²) in [4.78, 5) is 0. The Labute approximate surface area is 176 Å². The van der Waals surface area contributed by atoms with E-state index in [9.17, 15) is 0 Å². The molecule has 0 N–H and O–H groups in total. The molecule has 0 amide bonds. The quantitative estimate of drug-likeness (QED) is 0.207. The Kier molecular flexibility index (Phi) is 17.9. The molecule has 160 valence electrons. The summed E-state index contributed by atoms with van der Waals surface area (Å²) in [5, 5.41) is 0. The van der Waals surface area contributed by atoms with Gasteiger partial charge in [-0.05, 0) is 44.6 Å². The number of hydrogen-bond acceptors (Lipinski definition) is 1. The van der Waals surface area contributed by atoms with Gasteiger partial charge in [0, 0.05) is 0 Å². The molecule has 0 aromatic carbocycles. The molecule has 0 saturated heterocycles. The summed E-state index contributed by atoms with van der Waals surface area (Å²) in [6.07, 6.45) is 19.3. The topological polar surface area (TPSA) is 9.23 Å². The molecule has 0 saturated carbocycles. The van der Waals surface area contributed by atoms with E-state index in [4.69, 9.17) is 4.74 Å². The number of rotatable bonds is 10. The maximum atomic E-state index is 5.53. The van der Waals surface area contributed by atoms with Crippen molar-refractivity contribution in [1.29, 1.82) is 0 Å². The Morgan fingerprint density at radius 1 is 0.821 bits per heavy atom. The first-order valence-electron chi connectivity index (χ1n) is 10.8. The minimum atomic E-state index is 0.179. The van der Waals surface area contributed by atoms with Gasteiger partial charge in [0.05, 0.1) is 13.2 Å². The zero-order valence-corrected chi connectivity index (χ0v) is 20.4.